The molecule has 7 N–H and O–H groups in total. The van der Waals surface area contributed by atoms with Crippen LogP contribution in [0.3, 0.4) is 0 Å². The number of rotatable bonds is 19. The van der Waals surface area contributed by atoms with Crippen molar-refractivity contribution in [2.24, 2.45) is 0 Å². The molecule has 0 aliphatic carbocycles. The van der Waals surface area contributed by atoms with Gasteiger partial charge in [0.05, 0.1) is 6.61 Å². The molecule has 344 valence electrons. The summed E-state index contributed by atoms with van der Waals surface area (Å²) in [5, 5.41) is 48.6. The zero-order valence-electron chi connectivity index (χ0n) is 36.1. The van der Waals surface area contributed by atoms with Gasteiger partial charge in [-0.25, -0.2) is 9.59 Å². The Morgan fingerprint density at radius 3 is 1.36 bits per heavy atom. The van der Waals surface area contributed by atoms with Crippen LogP contribution in [0.1, 0.15) is 86.7 Å². The van der Waals surface area contributed by atoms with Crippen molar-refractivity contribution < 1.29 is 48.8 Å². The van der Waals surface area contributed by atoms with E-state index >= 15 is 0 Å². The van der Waals surface area contributed by atoms with Gasteiger partial charge in [-0.3, -0.25) is 29.4 Å². The largest absolute Gasteiger partial charge is 0.479 e. The Kier molecular flexibility index (Phi) is 18.0. The van der Waals surface area contributed by atoms with Crippen LogP contribution in [0.5, 0.6) is 0 Å². The van der Waals surface area contributed by atoms with E-state index < -0.39 is 48.0 Å². The summed E-state index contributed by atoms with van der Waals surface area (Å²) in [5.41, 5.74) is 6.04. The van der Waals surface area contributed by atoms with Gasteiger partial charge in [-0.1, -0.05) is 96.0 Å². The summed E-state index contributed by atoms with van der Waals surface area (Å²) in [6.07, 6.45) is -2.63. The standard InChI is InChI=1S/C25H26ClN3O5.C23H22ClN3O5/c1-3-34-25(33)23(31)13-20(27-24(32)22-14-21(15(2)30)28-29-22)11-16-7-9-17(10-8-16)18-5-4-6-19(26)12-18;1-13(28)19-12-20(27-26-19)22(30)25-18(11-21(29)23(31)32)9-14-5-7-15(8-6-14)16-3-2-4-17(24)10-16/h4-10,12,14,20,23,31H,3,11,13H2,1-2H3,(H,27,32)(H,28,29);2-8,10,12,18,21,29H,9,11H2,1H3,(H,25,30)(H,26,27)(H,31,32)/t20-,23-;18-,21-/m11/s1. The molecule has 0 aliphatic heterocycles. The van der Waals surface area contributed by atoms with E-state index in [4.69, 9.17) is 33.0 Å². The molecule has 16 nitrogen and oxygen atoms in total. The van der Waals surface area contributed by atoms with Crippen molar-refractivity contribution in [3.05, 3.63) is 153 Å². The monoisotopic (exact) mass is 938 g/mol. The van der Waals surface area contributed by atoms with Crippen LogP contribution >= 0.6 is 23.2 Å². The lowest BCUT2D eigenvalue weighted by molar-refractivity contribution is -0.153. The zero-order valence-corrected chi connectivity index (χ0v) is 37.6. The van der Waals surface area contributed by atoms with Crippen LogP contribution in [0.15, 0.2) is 109 Å². The van der Waals surface area contributed by atoms with Crippen LogP contribution in [-0.2, 0) is 27.2 Å². The van der Waals surface area contributed by atoms with Gasteiger partial charge in [0.2, 0.25) is 0 Å². The minimum Gasteiger partial charge on any atom is -0.479 e. The number of hydrogen-bond donors (Lipinski definition) is 7. The number of nitrogens with zero attached hydrogens (tertiary/aromatic N) is 2. The first-order valence-electron chi connectivity index (χ1n) is 20.7. The highest BCUT2D eigenvalue weighted by Crippen LogP contribution is 2.25. The molecule has 4 atom stereocenters. The van der Waals surface area contributed by atoms with Gasteiger partial charge in [0, 0.05) is 48.8 Å². The average Bonchev–Trinajstić information content (AvgIpc) is 4.00. The Morgan fingerprint density at radius 1 is 0.606 bits per heavy atom. The number of aliphatic hydroxyl groups excluding tert-OH is 2. The Bertz CT molecular complexity index is 2650. The fourth-order valence-electron chi connectivity index (χ4n) is 6.70. The number of carbonyl (C=O) groups is 6. The predicted octanol–water partition coefficient (Wildman–Crippen LogP) is 6.70. The molecule has 2 heterocycles. The Balaban J connectivity index is 0.000000248. The smallest absolute Gasteiger partial charge is 0.335 e. The SMILES string of the molecule is CC(=O)c1cc(C(=O)N[C@H](Cc2ccc(-c3cccc(Cl)c3)cc2)C[C@@H](O)C(=O)O)[nH]n1.CCOC(=O)[C@H](O)C[C@@H](Cc1ccc(-c2cccc(Cl)c2)cc1)NC(=O)c1cc(C(C)=O)n[nH]1. The number of aromatic amines is 2. The van der Waals surface area contributed by atoms with Gasteiger partial charge in [-0.05, 0) is 89.5 Å². The van der Waals surface area contributed by atoms with Gasteiger partial charge in [0.15, 0.2) is 23.8 Å². The van der Waals surface area contributed by atoms with Crippen molar-refractivity contribution in [3.8, 4) is 22.3 Å². The molecule has 0 bridgehead atoms. The summed E-state index contributed by atoms with van der Waals surface area (Å²) >= 11 is 12.1. The number of esters is 1. The molecule has 6 aromatic rings. The molecular weight excluding hydrogens is 891 g/mol. The van der Waals surface area contributed by atoms with Gasteiger partial charge in [-0.15, -0.1) is 0 Å². The fourth-order valence-corrected chi connectivity index (χ4v) is 7.08. The van der Waals surface area contributed by atoms with E-state index in [1.807, 2.05) is 84.9 Å². The second-order valence-corrected chi connectivity index (χ2v) is 16.1. The molecule has 0 fully saturated rings. The number of aromatic nitrogens is 4. The van der Waals surface area contributed by atoms with E-state index in [-0.39, 0.29) is 53.8 Å². The number of ether oxygens (including phenoxy) is 1. The second kappa shape index (κ2) is 23.8. The quantitative estimate of drug-likeness (QED) is 0.0331. The topological polar surface area (TPSA) is 254 Å². The lowest BCUT2D eigenvalue weighted by atomic mass is 9.97. The summed E-state index contributed by atoms with van der Waals surface area (Å²) in [6, 6.07) is 31.6. The van der Waals surface area contributed by atoms with E-state index in [1.54, 1.807) is 19.1 Å². The van der Waals surface area contributed by atoms with Gasteiger partial charge >= 0.3 is 11.9 Å². The lowest BCUT2D eigenvalue weighted by Gasteiger charge is -2.21. The Morgan fingerprint density at radius 2 is 1.02 bits per heavy atom. The van der Waals surface area contributed by atoms with Crippen LogP contribution in [-0.4, -0.2) is 102 Å². The normalized spacial score (nSPS) is 12.7. The molecule has 0 unspecified atom stereocenters. The highest BCUT2D eigenvalue weighted by molar-refractivity contribution is 6.31. The number of carbonyl (C=O) groups excluding carboxylic acids is 5. The molecule has 0 spiro atoms. The summed E-state index contributed by atoms with van der Waals surface area (Å²) in [4.78, 5) is 71.2. The molecule has 4 aromatic carbocycles. The number of hydrogen-bond acceptors (Lipinski definition) is 11. The van der Waals surface area contributed by atoms with Crippen LogP contribution in [0.2, 0.25) is 10.0 Å². The summed E-state index contributed by atoms with van der Waals surface area (Å²) in [6.45, 7) is 4.47. The third-order valence-electron chi connectivity index (χ3n) is 10.1. The Labute approximate surface area is 389 Å². The van der Waals surface area contributed by atoms with Gasteiger partial charge < -0.3 is 30.7 Å². The second-order valence-electron chi connectivity index (χ2n) is 15.2. The third-order valence-corrected chi connectivity index (χ3v) is 10.6. The van der Waals surface area contributed by atoms with E-state index in [0.29, 0.717) is 22.9 Å². The number of aliphatic hydroxyl groups is 2. The molecule has 18 heteroatoms. The maximum atomic E-state index is 12.7. The molecule has 6 rings (SSSR count). The predicted molar refractivity (Wildman–Crippen MR) is 246 cm³/mol. The number of ketones is 2. The van der Waals surface area contributed by atoms with Crippen molar-refractivity contribution >= 4 is 58.5 Å². The van der Waals surface area contributed by atoms with Crippen LogP contribution in [0, 0.1) is 0 Å². The summed E-state index contributed by atoms with van der Waals surface area (Å²) in [7, 11) is 0. The van der Waals surface area contributed by atoms with Gasteiger partial charge in [0.1, 0.15) is 22.8 Å². The molecule has 0 saturated carbocycles. The van der Waals surface area contributed by atoms with Crippen molar-refractivity contribution in [1.29, 1.82) is 0 Å². The Hall–Kier alpha value is -6.98. The van der Waals surface area contributed by atoms with Crippen molar-refractivity contribution in [2.75, 3.05) is 6.61 Å². The third kappa shape index (κ3) is 14.8. The molecule has 66 heavy (non-hydrogen) atoms. The number of amides is 2. The molecule has 0 aliphatic rings. The van der Waals surface area contributed by atoms with E-state index in [1.165, 1.54) is 26.0 Å². The minimum absolute atomic E-state index is 0.0473. The average molecular weight is 940 g/mol. The van der Waals surface area contributed by atoms with E-state index in [2.05, 4.69) is 31.0 Å². The highest BCUT2D eigenvalue weighted by Gasteiger charge is 2.26. The van der Waals surface area contributed by atoms with Crippen LogP contribution in [0.4, 0.5) is 0 Å². The van der Waals surface area contributed by atoms with Gasteiger partial charge in [-0.2, -0.15) is 10.2 Å². The lowest BCUT2D eigenvalue weighted by Crippen LogP contribution is -2.41. The highest BCUT2D eigenvalue weighted by atomic mass is 35.5. The van der Waals surface area contributed by atoms with Gasteiger partial charge in [0.25, 0.3) is 11.8 Å². The number of aliphatic carboxylic acids is 1. The molecule has 2 amide bonds. The number of benzene rings is 4. The fraction of sp³-hybridized carbons (Fsp3) is 0.250. The number of H-pyrrole nitrogens is 2. The minimum atomic E-state index is -1.64. The number of carboxylic acid groups (broad SMARTS) is 1. The van der Waals surface area contributed by atoms with Crippen LogP contribution in [0.25, 0.3) is 22.3 Å². The first-order valence-corrected chi connectivity index (χ1v) is 21.4. The number of nitrogens with one attached hydrogen (secondary N) is 4. The maximum absolute atomic E-state index is 12.7. The molecule has 0 radical (unpaired) electrons. The first kappa shape index (κ1) is 50.0. The molecular formula is C48H48Cl2N6O10. The van der Waals surface area contributed by atoms with Crippen molar-refractivity contribution in [1.82, 2.24) is 31.0 Å². The zero-order chi connectivity index (χ0) is 47.9. The molecule has 2 aromatic heterocycles. The summed E-state index contributed by atoms with van der Waals surface area (Å²) in [5.74, 6) is -3.75. The maximum Gasteiger partial charge on any atom is 0.335 e. The molecule has 0 saturated heterocycles. The van der Waals surface area contributed by atoms with E-state index in [9.17, 15) is 39.0 Å². The number of Topliss-reactive ketones (excluding diaryl/α,β-unsaturated/α-hetero) is 2. The number of carboxylic acids is 1. The van der Waals surface area contributed by atoms with Crippen LogP contribution < -0.4 is 10.6 Å². The van der Waals surface area contributed by atoms with Crippen molar-refractivity contribution in [3.63, 3.8) is 0 Å². The first-order chi connectivity index (χ1) is 31.5. The van der Waals surface area contributed by atoms with E-state index in [0.717, 1.165) is 33.4 Å². The number of halogens is 2. The summed E-state index contributed by atoms with van der Waals surface area (Å²) < 4.78 is 4.88. The van der Waals surface area contributed by atoms with Crippen molar-refractivity contribution in [2.45, 2.75) is 70.7 Å².